The van der Waals surface area contributed by atoms with Crippen molar-refractivity contribution in [2.24, 2.45) is 5.73 Å². The average molecular weight is 213 g/mol. The van der Waals surface area contributed by atoms with Crippen LogP contribution in [0.1, 0.15) is 37.8 Å². The average Bonchev–Trinajstić information content (AvgIpc) is 2.18. The molecule has 0 spiro atoms. The number of unbranched alkanes of at least 4 members (excludes halogenated alkanes) is 1. The first-order valence-electron chi connectivity index (χ1n) is 4.95. The van der Waals surface area contributed by atoms with Crippen molar-refractivity contribution in [2.45, 2.75) is 32.2 Å². The van der Waals surface area contributed by atoms with E-state index in [2.05, 4.69) is 6.92 Å². The minimum absolute atomic E-state index is 0.00801. The highest BCUT2D eigenvalue weighted by molar-refractivity contribution is 6.30. The van der Waals surface area contributed by atoms with Crippen LogP contribution in [0.15, 0.2) is 18.2 Å². The highest BCUT2D eigenvalue weighted by Crippen LogP contribution is 2.25. The molecule has 0 radical (unpaired) electrons. The Hall–Kier alpha value is -0.730. The largest absolute Gasteiger partial charge is 0.398 e. The van der Waals surface area contributed by atoms with Crippen LogP contribution in [0.2, 0.25) is 5.02 Å². The Morgan fingerprint density at radius 2 is 2.14 bits per heavy atom. The van der Waals surface area contributed by atoms with Gasteiger partial charge in [-0.2, -0.15) is 0 Å². The number of halogens is 1. The van der Waals surface area contributed by atoms with Gasteiger partial charge in [-0.3, -0.25) is 0 Å². The zero-order valence-electron chi connectivity index (χ0n) is 8.46. The van der Waals surface area contributed by atoms with Gasteiger partial charge in [0.15, 0.2) is 0 Å². The highest BCUT2D eigenvalue weighted by Gasteiger charge is 2.09. The van der Waals surface area contributed by atoms with Crippen LogP contribution >= 0.6 is 11.6 Å². The molecule has 0 amide bonds. The maximum atomic E-state index is 6.01. The second-order valence-corrected chi connectivity index (χ2v) is 3.96. The topological polar surface area (TPSA) is 52.0 Å². The van der Waals surface area contributed by atoms with Crippen LogP contribution in [0.5, 0.6) is 0 Å². The SMILES string of the molecule is CCCC[C@@H](N)c1cc(Cl)ccc1N. The standard InChI is InChI=1S/C11H17ClN2/c1-2-3-4-10(13)9-7-8(12)5-6-11(9)14/h5-7,10H,2-4,13-14H2,1H3/t10-/m1/s1. The quantitative estimate of drug-likeness (QED) is 0.754. The summed E-state index contributed by atoms with van der Waals surface area (Å²) in [5.74, 6) is 0. The van der Waals surface area contributed by atoms with Crippen molar-refractivity contribution in [2.75, 3.05) is 5.73 Å². The number of nitrogens with two attached hydrogens (primary N) is 2. The molecule has 14 heavy (non-hydrogen) atoms. The van der Waals surface area contributed by atoms with Crippen LogP contribution in [-0.2, 0) is 0 Å². The Balaban J connectivity index is 2.77. The lowest BCUT2D eigenvalue weighted by Gasteiger charge is -2.14. The van der Waals surface area contributed by atoms with Gasteiger partial charge in [-0.05, 0) is 30.2 Å². The Morgan fingerprint density at radius 3 is 2.79 bits per heavy atom. The first-order valence-corrected chi connectivity index (χ1v) is 5.33. The van der Waals surface area contributed by atoms with Gasteiger partial charge in [-0.15, -0.1) is 0 Å². The summed E-state index contributed by atoms with van der Waals surface area (Å²) in [7, 11) is 0. The molecule has 0 saturated carbocycles. The van der Waals surface area contributed by atoms with Gasteiger partial charge >= 0.3 is 0 Å². The van der Waals surface area contributed by atoms with Gasteiger partial charge in [0, 0.05) is 16.8 Å². The van der Waals surface area contributed by atoms with Crippen LogP contribution < -0.4 is 11.5 Å². The summed E-state index contributed by atoms with van der Waals surface area (Å²) in [6.07, 6.45) is 3.22. The maximum absolute atomic E-state index is 6.01. The van der Waals surface area contributed by atoms with Gasteiger partial charge in [-0.1, -0.05) is 31.4 Å². The van der Waals surface area contributed by atoms with Gasteiger partial charge in [0.05, 0.1) is 0 Å². The van der Waals surface area contributed by atoms with Crippen molar-refractivity contribution in [1.82, 2.24) is 0 Å². The molecule has 4 N–H and O–H groups in total. The third-order valence-electron chi connectivity index (χ3n) is 2.32. The van der Waals surface area contributed by atoms with E-state index in [0.717, 1.165) is 30.5 Å². The smallest absolute Gasteiger partial charge is 0.0410 e. The Bertz CT molecular complexity index is 299. The molecule has 2 nitrogen and oxygen atoms in total. The first-order chi connectivity index (χ1) is 6.65. The minimum Gasteiger partial charge on any atom is -0.398 e. The van der Waals surface area contributed by atoms with Crippen LogP contribution in [0.25, 0.3) is 0 Å². The van der Waals surface area contributed by atoms with Crippen molar-refractivity contribution >= 4 is 17.3 Å². The van der Waals surface area contributed by atoms with Gasteiger partial charge in [0.1, 0.15) is 0 Å². The van der Waals surface area contributed by atoms with E-state index in [0.29, 0.717) is 5.02 Å². The molecule has 0 bridgehead atoms. The van der Waals surface area contributed by atoms with Crippen molar-refractivity contribution < 1.29 is 0 Å². The van der Waals surface area contributed by atoms with Crippen molar-refractivity contribution in [3.05, 3.63) is 28.8 Å². The predicted octanol–water partition coefficient (Wildman–Crippen LogP) is 3.11. The van der Waals surface area contributed by atoms with E-state index in [9.17, 15) is 0 Å². The molecule has 0 aliphatic rings. The summed E-state index contributed by atoms with van der Waals surface area (Å²) in [6, 6.07) is 5.46. The lowest BCUT2D eigenvalue weighted by molar-refractivity contribution is 0.605. The molecule has 1 aromatic rings. The molecule has 3 heteroatoms. The Kier molecular flexibility index (Phi) is 4.23. The van der Waals surface area contributed by atoms with E-state index in [4.69, 9.17) is 23.1 Å². The molecule has 1 rings (SSSR count). The molecule has 0 heterocycles. The summed E-state index contributed by atoms with van der Waals surface area (Å²) < 4.78 is 0. The molecule has 0 aliphatic heterocycles. The fourth-order valence-corrected chi connectivity index (χ4v) is 1.63. The number of hydrogen-bond acceptors (Lipinski definition) is 2. The van der Waals surface area contributed by atoms with E-state index in [1.807, 2.05) is 12.1 Å². The van der Waals surface area contributed by atoms with E-state index in [1.54, 1.807) is 6.07 Å². The third-order valence-corrected chi connectivity index (χ3v) is 2.55. The zero-order chi connectivity index (χ0) is 10.6. The Labute approximate surface area is 90.2 Å². The monoisotopic (exact) mass is 212 g/mol. The molecule has 78 valence electrons. The first kappa shape index (κ1) is 11.3. The van der Waals surface area contributed by atoms with Crippen molar-refractivity contribution in [3.63, 3.8) is 0 Å². The van der Waals surface area contributed by atoms with Crippen LogP contribution in [-0.4, -0.2) is 0 Å². The van der Waals surface area contributed by atoms with E-state index in [-0.39, 0.29) is 6.04 Å². The number of nitrogen functional groups attached to an aromatic ring is 1. The molecular formula is C11H17ClN2. The molecule has 0 aromatic heterocycles. The normalized spacial score (nSPS) is 12.8. The molecule has 0 saturated heterocycles. The van der Waals surface area contributed by atoms with Gasteiger partial charge < -0.3 is 11.5 Å². The molecule has 1 aromatic carbocycles. The third kappa shape index (κ3) is 2.89. The molecule has 0 aliphatic carbocycles. The predicted molar refractivity (Wildman–Crippen MR) is 62.3 cm³/mol. The van der Waals surface area contributed by atoms with Crippen LogP contribution in [0.4, 0.5) is 5.69 Å². The molecular weight excluding hydrogens is 196 g/mol. The fourth-order valence-electron chi connectivity index (χ4n) is 1.45. The van der Waals surface area contributed by atoms with Gasteiger partial charge in [-0.25, -0.2) is 0 Å². The summed E-state index contributed by atoms with van der Waals surface area (Å²) in [4.78, 5) is 0. The van der Waals surface area contributed by atoms with Gasteiger partial charge in [0.2, 0.25) is 0 Å². The fraction of sp³-hybridized carbons (Fsp3) is 0.455. The second-order valence-electron chi connectivity index (χ2n) is 3.52. The van der Waals surface area contributed by atoms with Crippen molar-refractivity contribution in [1.29, 1.82) is 0 Å². The Morgan fingerprint density at radius 1 is 1.43 bits per heavy atom. The summed E-state index contributed by atoms with van der Waals surface area (Å²) in [5.41, 5.74) is 13.5. The van der Waals surface area contributed by atoms with Crippen molar-refractivity contribution in [3.8, 4) is 0 Å². The highest BCUT2D eigenvalue weighted by atomic mass is 35.5. The van der Waals surface area contributed by atoms with Crippen LogP contribution in [0.3, 0.4) is 0 Å². The van der Waals surface area contributed by atoms with E-state index < -0.39 is 0 Å². The van der Waals surface area contributed by atoms with E-state index in [1.165, 1.54) is 0 Å². The molecule has 0 fully saturated rings. The van der Waals surface area contributed by atoms with Crippen LogP contribution in [0, 0.1) is 0 Å². The molecule has 0 unspecified atom stereocenters. The molecule has 1 atom stereocenters. The lowest BCUT2D eigenvalue weighted by atomic mass is 10.0. The van der Waals surface area contributed by atoms with Gasteiger partial charge in [0.25, 0.3) is 0 Å². The minimum atomic E-state index is 0.00801. The number of rotatable bonds is 4. The number of benzene rings is 1. The lowest BCUT2D eigenvalue weighted by Crippen LogP contribution is -2.12. The summed E-state index contributed by atoms with van der Waals surface area (Å²) in [5, 5.41) is 0.696. The maximum Gasteiger partial charge on any atom is 0.0410 e. The number of hydrogen-bond donors (Lipinski definition) is 2. The second kappa shape index (κ2) is 5.23. The summed E-state index contributed by atoms with van der Waals surface area (Å²) >= 11 is 5.88. The zero-order valence-corrected chi connectivity index (χ0v) is 9.22. The number of anilines is 1. The summed E-state index contributed by atoms with van der Waals surface area (Å²) in [6.45, 7) is 2.15. The van der Waals surface area contributed by atoms with E-state index >= 15 is 0 Å².